The Morgan fingerprint density at radius 3 is 1.37 bits per heavy atom. The number of cyclic esters (lactones) is 2. The first-order chi connectivity index (χ1) is 18.6. The van der Waals surface area contributed by atoms with Crippen molar-refractivity contribution in [2.75, 3.05) is 72.3 Å². The molecule has 3 aromatic heterocycles. The van der Waals surface area contributed by atoms with Crippen LogP contribution in [-0.2, 0) is 28.4 Å². The lowest BCUT2D eigenvalue weighted by Gasteiger charge is -2.08. The zero-order valence-electron chi connectivity index (χ0n) is 21.0. The number of esters is 2. The molecule has 0 aromatic carbocycles. The van der Waals surface area contributed by atoms with Gasteiger partial charge in [0.1, 0.15) is 23.0 Å². The first kappa shape index (κ1) is 28.7. The van der Waals surface area contributed by atoms with Crippen LogP contribution in [0.4, 0.5) is 0 Å². The minimum atomic E-state index is -0.401. The lowest BCUT2D eigenvalue weighted by molar-refractivity contribution is -0.0135. The summed E-state index contributed by atoms with van der Waals surface area (Å²) in [6.07, 6.45) is 1.99. The van der Waals surface area contributed by atoms with Crippen LogP contribution in [-0.4, -0.2) is 89.2 Å². The molecule has 0 N–H and O–H groups in total. The number of carbonyl (C=O) groups excluding carboxylic acids is 2. The number of aromatic nitrogens is 1. The van der Waals surface area contributed by atoms with Crippen LogP contribution in [0, 0.1) is 0 Å². The lowest BCUT2D eigenvalue weighted by atomic mass is 10.2. The molecule has 9 nitrogen and oxygen atoms in total. The van der Waals surface area contributed by atoms with E-state index in [9.17, 15) is 9.59 Å². The molecule has 6 bridgehead atoms. The van der Waals surface area contributed by atoms with Crippen molar-refractivity contribution < 1.29 is 38.0 Å². The van der Waals surface area contributed by atoms with Gasteiger partial charge in [-0.1, -0.05) is 0 Å². The Morgan fingerprint density at radius 2 is 0.974 bits per heavy atom. The third-order valence-corrected chi connectivity index (χ3v) is 8.07. The number of fused-ring (bicyclic) bond motifs is 8. The second-order valence-electron chi connectivity index (χ2n) is 7.83. The van der Waals surface area contributed by atoms with E-state index in [4.69, 9.17) is 33.4 Å². The van der Waals surface area contributed by atoms with Gasteiger partial charge in [-0.25, -0.2) is 14.6 Å². The number of rotatable bonds is 1. The number of thiophene rings is 2. The molecule has 0 unspecified atom stereocenters. The van der Waals surface area contributed by atoms with Crippen LogP contribution < -0.4 is 0 Å². The Kier molecular flexibility index (Phi) is 11.6. The summed E-state index contributed by atoms with van der Waals surface area (Å²) in [7, 11) is 0. The molecule has 0 aliphatic carbocycles. The molecule has 0 saturated heterocycles. The van der Waals surface area contributed by atoms with Crippen LogP contribution in [0.15, 0.2) is 41.3 Å². The van der Waals surface area contributed by atoms with Crippen LogP contribution in [0.5, 0.6) is 0 Å². The average molecular weight is 580 g/mol. The van der Waals surface area contributed by atoms with Crippen LogP contribution in [0.1, 0.15) is 19.3 Å². The van der Waals surface area contributed by atoms with Crippen LogP contribution >= 0.6 is 34.4 Å². The van der Waals surface area contributed by atoms with Crippen LogP contribution in [0.2, 0.25) is 0 Å². The Labute approximate surface area is 233 Å². The zero-order valence-corrected chi connectivity index (χ0v) is 23.4. The zero-order chi connectivity index (χ0) is 26.6. The van der Waals surface area contributed by atoms with E-state index in [1.54, 1.807) is 23.9 Å². The van der Waals surface area contributed by atoms with Gasteiger partial charge in [-0.05, 0) is 42.7 Å². The molecule has 0 spiro atoms. The molecule has 0 saturated carbocycles. The molecule has 38 heavy (non-hydrogen) atoms. The summed E-state index contributed by atoms with van der Waals surface area (Å²) in [5, 5.41) is 0. The number of thioether (sulfide) groups is 1. The molecular formula is C26H29NO8S3. The van der Waals surface area contributed by atoms with Gasteiger partial charge in [0.05, 0.1) is 74.0 Å². The molecular weight excluding hydrogens is 550 g/mol. The third-order valence-electron chi connectivity index (χ3n) is 5.19. The molecule has 204 valence electrons. The fourth-order valence-corrected chi connectivity index (χ4v) is 5.52. The smallest absolute Gasteiger partial charge is 0.348 e. The molecule has 1 aliphatic heterocycles. The highest BCUT2D eigenvalue weighted by atomic mass is 32.2. The summed E-state index contributed by atoms with van der Waals surface area (Å²) in [6.45, 7) is 3.40. The molecule has 4 rings (SSSR count). The van der Waals surface area contributed by atoms with Gasteiger partial charge in [0.15, 0.2) is 0 Å². The van der Waals surface area contributed by atoms with Gasteiger partial charge >= 0.3 is 11.9 Å². The number of pyridine rings is 1. The lowest BCUT2D eigenvalue weighted by Crippen LogP contribution is -2.15. The van der Waals surface area contributed by atoms with Crippen molar-refractivity contribution >= 4 is 46.4 Å². The Bertz CT molecular complexity index is 1110. The number of nitrogens with zero attached hydrogens (tertiary/aromatic N) is 1. The van der Waals surface area contributed by atoms with E-state index in [0.717, 1.165) is 26.0 Å². The quantitative estimate of drug-likeness (QED) is 0.299. The third kappa shape index (κ3) is 8.60. The van der Waals surface area contributed by atoms with E-state index in [2.05, 4.69) is 0 Å². The number of hydrogen-bond donors (Lipinski definition) is 0. The topological polar surface area (TPSA) is 102 Å². The molecule has 0 atom stereocenters. The molecule has 0 amide bonds. The van der Waals surface area contributed by atoms with Gasteiger partial charge in [0.2, 0.25) is 0 Å². The molecule has 0 radical (unpaired) electrons. The molecule has 4 heterocycles. The minimum absolute atomic E-state index is 0.155. The van der Waals surface area contributed by atoms with Crippen molar-refractivity contribution in [2.45, 2.75) is 4.90 Å². The van der Waals surface area contributed by atoms with Gasteiger partial charge < -0.3 is 28.4 Å². The molecule has 3 aromatic rings. The Balaban J connectivity index is 1.48. The average Bonchev–Trinajstić information content (AvgIpc) is 3.63. The van der Waals surface area contributed by atoms with Crippen molar-refractivity contribution in [3.8, 4) is 21.1 Å². The molecule has 0 fully saturated rings. The summed E-state index contributed by atoms with van der Waals surface area (Å²) in [5.74, 6) is -0.801. The van der Waals surface area contributed by atoms with Crippen molar-refractivity contribution in [1.29, 1.82) is 0 Å². The number of carbonyl (C=O) groups is 2. The van der Waals surface area contributed by atoms with Gasteiger partial charge in [-0.2, -0.15) is 0 Å². The second kappa shape index (κ2) is 15.3. The molecule has 12 heteroatoms. The highest BCUT2D eigenvalue weighted by Crippen LogP contribution is 2.35. The summed E-state index contributed by atoms with van der Waals surface area (Å²) in [6, 6.07) is 11.2. The van der Waals surface area contributed by atoms with Gasteiger partial charge in [0.25, 0.3) is 0 Å². The predicted octanol–water partition coefficient (Wildman–Crippen LogP) is 4.65. The first-order valence-electron chi connectivity index (χ1n) is 12.1. The van der Waals surface area contributed by atoms with Crippen molar-refractivity contribution in [3.63, 3.8) is 0 Å². The van der Waals surface area contributed by atoms with E-state index < -0.39 is 11.9 Å². The van der Waals surface area contributed by atoms with Gasteiger partial charge in [-0.15, -0.1) is 34.4 Å². The number of ether oxygens (including phenoxy) is 6. The minimum Gasteiger partial charge on any atom is -0.459 e. The van der Waals surface area contributed by atoms with E-state index in [-0.39, 0.29) is 26.4 Å². The van der Waals surface area contributed by atoms with Gasteiger partial charge in [0, 0.05) is 4.90 Å². The fourth-order valence-electron chi connectivity index (χ4n) is 3.34. The Hall–Kier alpha value is -2.32. The predicted molar refractivity (Wildman–Crippen MR) is 146 cm³/mol. The maximum Gasteiger partial charge on any atom is 0.348 e. The monoisotopic (exact) mass is 579 g/mol. The van der Waals surface area contributed by atoms with E-state index in [1.807, 2.05) is 30.5 Å². The largest absolute Gasteiger partial charge is 0.459 e. The van der Waals surface area contributed by atoms with E-state index in [1.165, 1.54) is 22.7 Å². The summed E-state index contributed by atoms with van der Waals surface area (Å²) >= 11 is 4.24. The van der Waals surface area contributed by atoms with Crippen LogP contribution in [0.25, 0.3) is 21.1 Å². The standard InChI is InChI=1S/C26H29NO8S3/c1-36-18-16-19-21-2-4-23(37-21)25(28)34-14-12-32-10-8-30-6-7-31-9-11-33-13-15-35-26(29)24-5-3-22(38-24)20(17-18)27-19/h2-5,16-17H,6-15H2,1H3. The van der Waals surface area contributed by atoms with E-state index >= 15 is 0 Å². The Morgan fingerprint density at radius 1 is 0.605 bits per heavy atom. The number of hydrogen-bond acceptors (Lipinski definition) is 12. The fraction of sp³-hybridized carbons (Fsp3) is 0.423. The highest BCUT2D eigenvalue weighted by molar-refractivity contribution is 7.98. The van der Waals surface area contributed by atoms with Crippen LogP contribution in [0.3, 0.4) is 0 Å². The maximum absolute atomic E-state index is 12.5. The van der Waals surface area contributed by atoms with Crippen molar-refractivity contribution in [3.05, 3.63) is 46.2 Å². The second-order valence-corrected chi connectivity index (χ2v) is 10.9. The molecule has 1 aliphatic rings. The van der Waals surface area contributed by atoms with Crippen molar-refractivity contribution in [1.82, 2.24) is 4.98 Å². The first-order valence-corrected chi connectivity index (χ1v) is 14.9. The van der Waals surface area contributed by atoms with E-state index in [0.29, 0.717) is 49.4 Å². The highest BCUT2D eigenvalue weighted by Gasteiger charge is 2.16. The summed E-state index contributed by atoms with van der Waals surface area (Å²) in [4.78, 5) is 33.5. The maximum atomic E-state index is 12.5. The van der Waals surface area contributed by atoms with Gasteiger partial charge in [-0.3, -0.25) is 0 Å². The van der Waals surface area contributed by atoms with Crippen molar-refractivity contribution in [2.24, 2.45) is 0 Å². The summed E-state index contributed by atoms with van der Waals surface area (Å²) < 4.78 is 32.5. The normalized spacial score (nSPS) is 17.3. The SMILES string of the molecule is CSc1cc2nc(c1)-c1ccc(s1)C(=O)OCCOCCOCCOCCOCCOC(=O)c1ccc-2s1. The summed E-state index contributed by atoms with van der Waals surface area (Å²) in [5.41, 5.74) is 1.49.